The maximum absolute atomic E-state index is 5.52. The lowest BCUT2D eigenvalue weighted by Crippen LogP contribution is -2.23. The maximum atomic E-state index is 5.52. The smallest absolute Gasteiger partial charge is 0.0602 e. The summed E-state index contributed by atoms with van der Waals surface area (Å²) in [4.78, 5) is 2.23. The summed E-state index contributed by atoms with van der Waals surface area (Å²) in [7, 11) is 2.09. The van der Waals surface area contributed by atoms with Gasteiger partial charge < -0.3 is 4.74 Å². The Hall–Kier alpha value is -0.0900. The van der Waals surface area contributed by atoms with Gasteiger partial charge in [-0.1, -0.05) is 28.1 Å². The third-order valence-electron chi connectivity index (χ3n) is 2.18. The highest BCUT2D eigenvalue weighted by atomic mass is 79.9. The molecule has 0 aromatic heterocycles. The number of benzene rings is 1. The Bertz CT molecular complexity index is 309. The lowest BCUT2D eigenvalue weighted by Gasteiger charge is -2.16. The summed E-state index contributed by atoms with van der Waals surface area (Å²) in [5, 5.41) is 0. The Morgan fingerprint density at radius 3 is 2.88 bits per heavy atom. The molecule has 0 saturated heterocycles. The summed E-state index contributed by atoms with van der Waals surface area (Å²) in [6.45, 7) is 3.22. The van der Waals surface area contributed by atoms with Gasteiger partial charge in [-0.05, 0) is 24.7 Å². The minimum atomic E-state index is 0.565. The molecule has 0 aliphatic carbocycles. The zero-order valence-electron chi connectivity index (χ0n) is 9.46. The largest absolute Gasteiger partial charge is 0.379 e. The maximum Gasteiger partial charge on any atom is 0.0602 e. The molecule has 0 aliphatic rings. The van der Waals surface area contributed by atoms with Gasteiger partial charge in [0, 0.05) is 23.4 Å². The van der Waals surface area contributed by atoms with Crippen LogP contribution in [0.25, 0.3) is 0 Å². The van der Waals surface area contributed by atoms with E-state index in [-0.39, 0.29) is 0 Å². The third-order valence-corrected chi connectivity index (χ3v) is 2.83. The van der Waals surface area contributed by atoms with Gasteiger partial charge in [0.25, 0.3) is 0 Å². The van der Waals surface area contributed by atoms with Gasteiger partial charge in [0.05, 0.1) is 13.2 Å². The molecule has 0 amide bonds. The normalized spacial score (nSPS) is 11.0. The van der Waals surface area contributed by atoms with Gasteiger partial charge in [0.2, 0.25) is 0 Å². The van der Waals surface area contributed by atoms with E-state index in [1.165, 1.54) is 5.56 Å². The van der Waals surface area contributed by atoms with Crippen LogP contribution in [-0.4, -0.2) is 37.6 Å². The molecule has 0 fully saturated rings. The van der Waals surface area contributed by atoms with Crippen LogP contribution in [0.15, 0.2) is 28.7 Å². The van der Waals surface area contributed by atoms with E-state index in [0.717, 1.165) is 24.2 Å². The summed E-state index contributed by atoms with van der Waals surface area (Å²) < 4.78 is 6.45. The van der Waals surface area contributed by atoms with Gasteiger partial charge in [-0.3, -0.25) is 4.90 Å². The van der Waals surface area contributed by atoms with E-state index in [1.54, 1.807) is 0 Å². The van der Waals surface area contributed by atoms with E-state index in [9.17, 15) is 0 Å². The molecule has 0 unspecified atom stereocenters. The minimum Gasteiger partial charge on any atom is -0.379 e. The summed E-state index contributed by atoms with van der Waals surface area (Å²) in [6, 6.07) is 8.35. The number of hydrogen-bond acceptors (Lipinski definition) is 2. The highest BCUT2D eigenvalue weighted by molar-refractivity contribution is 9.10. The molecular weight excluding hydrogens is 289 g/mol. The van der Waals surface area contributed by atoms with Crippen molar-refractivity contribution < 1.29 is 4.74 Å². The molecule has 0 N–H and O–H groups in total. The van der Waals surface area contributed by atoms with Gasteiger partial charge >= 0.3 is 0 Å². The van der Waals surface area contributed by atoms with E-state index in [1.807, 2.05) is 6.07 Å². The number of alkyl halides is 1. The van der Waals surface area contributed by atoms with Crippen molar-refractivity contribution in [3.63, 3.8) is 0 Å². The molecular formula is C12H17BrClNO. The van der Waals surface area contributed by atoms with Crippen molar-refractivity contribution in [3.05, 3.63) is 34.3 Å². The summed E-state index contributed by atoms with van der Waals surface area (Å²) in [5.41, 5.74) is 1.30. The van der Waals surface area contributed by atoms with Crippen molar-refractivity contribution in [1.29, 1.82) is 0 Å². The number of likely N-dealkylation sites (N-methyl/N-ethyl adjacent to an activating group) is 1. The predicted octanol–water partition coefficient (Wildman–Crippen LogP) is 3.14. The van der Waals surface area contributed by atoms with Crippen LogP contribution in [0, 0.1) is 0 Å². The zero-order valence-corrected chi connectivity index (χ0v) is 11.8. The van der Waals surface area contributed by atoms with Crippen molar-refractivity contribution in [2.75, 3.05) is 32.7 Å². The first-order chi connectivity index (χ1) is 7.72. The highest BCUT2D eigenvalue weighted by Gasteiger charge is 2.00. The van der Waals surface area contributed by atoms with Gasteiger partial charge in [-0.25, -0.2) is 0 Å². The van der Waals surface area contributed by atoms with E-state index in [4.69, 9.17) is 16.3 Å². The number of nitrogens with zero attached hydrogens (tertiary/aromatic N) is 1. The molecule has 90 valence electrons. The van der Waals surface area contributed by atoms with E-state index >= 15 is 0 Å². The first-order valence-electron chi connectivity index (χ1n) is 5.29. The van der Waals surface area contributed by atoms with Crippen LogP contribution in [0.5, 0.6) is 0 Å². The Morgan fingerprint density at radius 2 is 2.19 bits per heavy atom. The van der Waals surface area contributed by atoms with E-state index in [0.29, 0.717) is 12.5 Å². The van der Waals surface area contributed by atoms with Crippen molar-refractivity contribution in [2.24, 2.45) is 0 Å². The second-order valence-electron chi connectivity index (χ2n) is 3.67. The van der Waals surface area contributed by atoms with Crippen molar-refractivity contribution >= 4 is 27.5 Å². The number of hydrogen-bond donors (Lipinski definition) is 0. The van der Waals surface area contributed by atoms with Crippen LogP contribution in [0.2, 0.25) is 0 Å². The molecule has 16 heavy (non-hydrogen) atoms. The molecule has 0 aliphatic heterocycles. The molecule has 0 atom stereocenters. The Labute approximate surface area is 111 Å². The van der Waals surface area contributed by atoms with Crippen LogP contribution in [0.3, 0.4) is 0 Å². The molecule has 1 aromatic carbocycles. The highest BCUT2D eigenvalue weighted by Crippen LogP contribution is 2.12. The Balaban J connectivity index is 2.25. The molecule has 0 spiro atoms. The average Bonchev–Trinajstić information content (AvgIpc) is 2.24. The zero-order chi connectivity index (χ0) is 11.8. The summed E-state index contributed by atoms with van der Waals surface area (Å²) in [5.74, 6) is 0.565. The topological polar surface area (TPSA) is 12.5 Å². The van der Waals surface area contributed by atoms with Gasteiger partial charge in [0.15, 0.2) is 0 Å². The van der Waals surface area contributed by atoms with Gasteiger partial charge in [-0.2, -0.15) is 0 Å². The third kappa shape index (κ3) is 5.85. The predicted molar refractivity (Wildman–Crippen MR) is 72.0 cm³/mol. The van der Waals surface area contributed by atoms with Crippen molar-refractivity contribution in [2.45, 2.75) is 6.54 Å². The monoisotopic (exact) mass is 305 g/mol. The second-order valence-corrected chi connectivity index (χ2v) is 4.96. The Kier molecular flexibility index (Phi) is 7.05. The molecule has 0 bridgehead atoms. The van der Waals surface area contributed by atoms with Gasteiger partial charge in [-0.15, -0.1) is 11.6 Å². The van der Waals surface area contributed by atoms with Crippen LogP contribution < -0.4 is 0 Å². The summed E-state index contributed by atoms with van der Waals surface area (Å²) >= 11 is 8.99. The second kappa shape index (κ2) is 8.07. The lowest BCUT2D eigenvalue weighted by molar-refractivity contribution is 0.121. The standard InChI is InChI=1S/C12H17BrClNO/c1-15(6-8-16-7-5-14)10-11-3-2-4-12(13)9-11/h2-4,9H,5-8,10H2,1H3. The first kappa shape index (κ1) is 14.0. The number of rotatable bonds is 7. The molecule has 4 heteroatoms. The van der Waals surface area contributed by atoms with Crippen molar-refractivity contribution in [3.8, 4) is 0 Å². The molecule has 0 saturated carbocycles. The van der Waals surface area contributed by atoms with Crippen LogP contribution >= 0.6 is 27.5 Å². The molecule has 0 radical (unpaired) electrons. The van der Waals surface area contributed by atoms with E-state index < -0.39 is 0 Å². The molecule has 0 heterocycles. The molecule has 1 aromatic rings. The van der Waals surface area contributed by atoms with Crippen LogP contribution in [0.4, 0.5) is 0 Å². The fourth-order valence-corrected chi connectivity index (χ4v) is 1.96. The van der Waals surface area contributed by atoms with Crippen molar-refractivity contribution in [1.82, 2.24) is 4.90 Å². The molecule has 1 rings (SSSR count). The van der Waals surface area contributed by atoms with E-state index in [2.05, 4.69) is 46.1 Å². The lowest BCUT2D eigenvalue weighted by atomic mass is 10.2. The van der Waals surface area contributed by atoms with Crippen LogP contribution in [-0.2, 0) is 11.3 Å². The SMILES string of the molecule is CN(CCOCCCl)Cc1cccc(Br)c1. The first-order valence-corrected chi connectivity index (χ1v) is 6.62. The van der Waals surface area contributed by atoms with Crippen LogP contribution in [0.1, 0.15) is 5.56 Å². The fourth-order valence-electron chi connectivity index (χ4n) is 1.40. The van der Waals surface area contributed by atoms with Gasteiger partial charge in [0.1, 0.15) is 0 Å². The number of ether oxygens (including phenoxy) is 1. The Morgan fingerprint density at radius 1 is 1.38 bits per heavy atom. The average molecular weight is 307 g/mol. The quantitative estimate of drug-likeness (QED) is 0.567. The fraction of sp³-hybridized carbons (Fsp3) is 0.500. The number of halogens is 2. The summed E-state index contributed by atoms with van der Waals surface area (Å²) in [6.07, 6.45) is 0. The minimum absolute atomic E-state index is 0.565. The molecule has 2 nitrogen and oxygen atoms in total.